The Balaban J connectivity index is 2.44. The summed E-state index contributed by atoms with van der Waals surface area (Å²) >= 11 is 0. The van der Waals surface area contributed by atoms with Gasteiger partial charge in [0.1, 0.15) is 0 Å². The summed E-state index contributed by atoms with van der Waals surface area (Å²) in [6.45, 7) is 10.3. The Morgan fingerprint density at radius 2 is 1.86 bits per heavy atom. The monoisotopic (exact) mass is 293 g/mol. The van der Waals surface area contributed by atoms with Gasteiger partial charge in [-0.05, 0) is 43.9 Å². The molecule has 0 aromatic heterocycles. The molecule has 1 N–H and O–H groups in total. The Kier molecular flexibility index (Phi) is 8.21. The molecule has 1 atom stereocenters. The third kappa shape index (κ3) is 6.85. The van der Waals surface area contributed by atoms with Gasteiger partial charge in [-0.2, -0.15) is 0 Å². The highest BCUT2D eigenvalue weighted by Gasteiger charge is 2.07. The minimum absolute atomic E-state index is 0.543. The van der Waals surface area contributed by atoms with Crippen LogP contribution in [0.5, 0.6) is 11.5 Å². The summed E-state index contributed by atoms with van der Waals surface area (Å²) in [6, 6.07) is 6.68. The van der Waals surface area contributed by atoms with E-state index in [4.69, 9.17) is 9.47 Å². The first-order valence-corrected chi connectivity index (χ1v) is 8.09. The minimum atomic E-state index is 0.543. The van der Waals surface area contributed by atoms with Gasteiger partial charge in [-0.25, -0.2) is 0 Å². The molecule has 0 heterocycles. The van der Waals surface area contributed by atoms with Gasteiger partial charge >= 0.3 is 0 Å². The maximum Gasteiger partial charge on any atom is 0.161 e. The minimum Gasteiger partial charge on any atom is -0.493 e. The van der Waals surface area contributed by atoms with E-state index < -0.39 is 0 Å². The van der Waals surface area contributed by atoms with E-state index in [0.717, 1.165) is 24.0 Å². The molecule has 3 heteroatoms. The van der Waals surface area contributed by atoms with Gasteiger partial charge in [0.15, 0.2) is 11.5 Å². The smallest absolute Gasteiger partial charge is 0.161 e. The number of hydrogen-bond acceptors (Lipinski definition) is 3. The highest BCUT2D eigenvalue weighted by atomic mass is 16.5. The number of hydrogen-bond donors (Lipinski definition) is 1. The maximum atomic E-state index is 5.54. The molecule has 0 bridgehead atoms. The first-order chi connectivity index (χ1) is 10.1. The molecule has 0 saturated carbocycles. The zero-order valence-electron chi connectivity index (χ0n) is 14.2. The van der Waals surface area contributed by atoms with Gasteiger partial charge in [-0.15, -0.1) is 0 Å². The third-order valence-corrected chi connectivity index (χ3v) is 3.60. The van der Waals surface area contributed by atoms with Crippen molar-refractivity contribution in [1.82, 2.24) is 5.32 Å². The standard InChI is InChI=1S/C18H31NO2/c1-6-21-17-11-10-16(12-18(17)20-5)13-19-15(4)9-7-8-14(2)3/h10-12,14-15,19H,6-9,13H2,1-5H3. The van der Waals surface area contributed by atoms with Crippen molar-refractivity contribution in [2.45, 2.75) is 59.5 Å². The molecule has 1 rings (SSSR count). The quantitative estimate of drug-likeness (QED) is 0.693. The van der Waals surface area contributed by atoms with Crippen molar-refractivity contribution in [3.63, 3.8) is 0 Å². The highest BCUT2D eigenvalue weighted by molar-refractivity contribution is 5.42. The van der Waals surface area contributed by atoms with Crippen LogP contribution < -0.4 is 14.8 Å². The van der Waals surface area contributed by atoms with Crippen molar-refractivity contribution < 1.29 is 9.47 Å². The molecule has 1 unspecified atom stereocenters. The van der Waals surface area contributed by atoms with Crippen LogP contribution in [-0.2, 0) is 6.54 Å². The van der Waals surface area contributed by atoms with E-state index in [1.165, 1.54) is 24.8 Å². The normalized spacial score (nSPS) is 12.5. The maximum absolute atomic E-state index is 5.54. The summed E-state index contributed by atoms with van der Waals surface area (Å²) in [4.78, 5) is 0. The zero-order valence-corrected chi connectivity index (χ0v) is 14.2. The van der Waals surface area contributed by atoms with Crippen LogP contribution in [-0.4, -0.2) is 19.8 Å². The SMILES string of the molecule is CCOc1ccc(CNC(C)CCCC(C)C)cc1OC. The molecule has 0 aliphatic carbocycles. The molecule has 120 valence electrons. The van der Waals surface area contributed by atoms with Crippen LogP contribution in [0.3, 0.4) is 0 Å². The lowest BCUT2D eigenvalue weighted by Gasteiger charge is -2.16. The molecule has 0 saturated heterocycles. The summed E-state index contributed by atoms with van der Waals surface area (Å²) in [5.74, 6) is 2.42. The van der Waals surface area contributed by atoms with E-state index >= 15 is 0 Å². The van der Waals surface area contributed by atoms with Crippen LogP contribution in [0, 0.1) is 5.92 Å². The number of rotatable bonds is 10. The van der Waals surface area contributed by atoms with Gasteiger partial charge in [0.25, 0.3) is 0 Å². The molecule has 21 heavy (non-hydrogen) atoms. The van der Waals surface area contributed by atoms with E-state index in [1.54, 1.807) is 7.11 Å². The third-order valence-electron chi connectivity index (χ3n) is 3.60. The lowest BCUT2D eigenvalue weighted by molar-refractivity contribution is 0.310. The number of methoxy groups -OCH3 is 1. The molecule has 1 aromatic carbocycles. The Morgan fingerprint density at radius 1 is 1.10 bits per heavy atom. The second kappa shape index (κ2) is 9.67. The van der Waals surface area contributed by atoms with E-state index in [2.05, 4.69) is 38.2 Å². The Morgan fingerprint density at radius 3 is 2.48 bits per heavy atom. The van der Waals surface area contributed by atoms with E-state index in [0.29, 0.717) is 12.6 Å². The van der Waals surface area contributed by atoms with Crippen LogP contribution >= 0.6 is 0 Å². The molecule has 0 aliphatic heterocycles. The largest absolute Gasteiger partial charge is 0.493 e. The number of ether oxygens (including phenoxy) is 2. The fourth-order valence-corrected chi connectivity index (χ4v) is 2.32. The summed E-state index contributed by atoms with van der Waals surface area (Å²) < 4.78 is 10.9. The fraction of sp³-hybridized carbons (Fsp3) is 0.667. The van der Waals surface area contributed by atoms with Crippen LogP contribution in [0.15, 0.2) is 18.2 Å². The summed E-state index contributed by atoms with van der Waals surface area (Å²) in [6.07, 6.45) is 3.83. The highest BCUT2D eigenvalue weighted by Crippen LogP contribution is 2.28. The predicted octanol–water partition coefficient (Wildman–Crippen LogP) is 4.40. The van der Waals surface area contributed by atoms with Gasteiger partial charge < -0.3 is 14.8 Å². The fourth-order valence-electron chi connectivity index (χ4n) is 2.32. The first-order valence-electron chi connectivity index (χ1n) is 8.09. The van der Waals surface area contributed by atoms with Crippen LogP contribution in [0.25, 0.3) is 0 Å². The van der Waals surface area contributed by atoms with Crippen molar-refractivity contribution in [3.05, 3.63) is 23.8 Å². The van der Waals surface area contributed by atoms with Crippen molar-refractivity contribution in [1.29, 1.82) is 0 Å². The van der Waals surface area contributed by atoms with Crippen molar-refractivity contribution in [3.8, 4) is 11.5 Å². The second-order valence-electron chi connectivity index (χ2n) is 6.02. The van der Waals surface area contributed by atoms with Crippen LogP contribution in [0.1, 0.15) is 52.5 Å². The molecule has 3 nitrogen and oxygen atoms in total. The molecule has 0 spiro atoms. The number of nitrogens with one attached hydrogen (secondary N) is 1. The topological polar surface area (TPSA) is 30.5 Å². The molecule has 0 aliphatic rings. The molecule has 0 amide bonds. The molecular weight excluding hydrogens is 262 g/mol. The van der Waals surface area contributed by atoms with Gasteiger partial charge in [0, 0.05) is 12.6 Å². The van der Waals surface area contributed by atoms with Crippen molar-refractivity contribution in [2.24, 2.45) is 5.92 Å². The lowest BCUT2D eigenvalue weighted by Crippen LogP contribution is -2.25. The summed E-state index contributed by atoms with van der Waals surface area (Å²) in [5.41, 5.74) is 1.23. The summed E-state index contributed by atoms with van der Waals surface area (Å²) in [5, 5.41) is 3.58. The second-order valence-corrected chi connectivity index (χ2v) is 6.02. The van der Waals surface area contributed by atoms with Crippen molar-refractivity contribution >= 4 is 0 Å². The van der Waals surface area contributed by atoms with Gasteiger partial charge in [-0.1, -0.05) is 32.8 Å². The Hall–Kier alpha value is -1.22. The van der Waals surface area contributed by atoms with Gasteiger partial charge in [-0.3, -0.25) is 0 Å². The zero-order chi connectivity index (χ0) is 15.7. The first kappa shape index (κ1) is 17.8. The molecule has 0 fully saturated rings. The van der Waals surface area contributed by atoms with Gasteiger partial charge in [0.2, 0.25) is 0 Å². The van der Waals surface area contributed by atoms with Gasteiger partial charge in [0.05, 0.1) is 13.7 Å². The molecule has 1 aromatic rings. The molecular formula is C18H31NO2. The Labute approximate surface area is 130 Å². The summed E-state index contributed by atoms with van der Waals surface area (Å²) in [7, 11) is 1.68. The van der Waals surface area contributed by atoms with Crippen molar-refractivity contribution in [2.75, 3.05) is 13.7 Å². The van der Waals surface area contributed by atoms with E-state index in [9.17, 15) is 0 Å². The lowest BCUT2D eigenvalue weighted by atomic mass is 10.0. The van der Waals surface area contributed by atoms with E-state index in [-0.39, 0.29) is 0 Å². The molecule has 0 radical (unpaired) electrons. The predicted molar refractivity (Wildman–Crippen MR) is 89.2 cm³/mol. The average Bonchev–Trinajstić information content (AvgIpc) is 2.46. The van der Waals surface area contributed by atoms with Crippen LogP contribution in [0.2, 0.25) is 0 Å². The Bertz CT molecular complexity index is 404. The average molecular weight is 293 g/mol. The van der Waals surface area contributed by atoms with Crippen LogP contribution in [0.4, 0.5) is 0 Å². The number of benzene rings is 1. The van der Waals surface area contributed by atoms with E-state index in [1.807, 2.05) is 13.0 Å².